The maximum atomic E-state index is 12.5. The predicted molar refractivity (Wildman–Crippen MR) is 109 cm³/mol. The van der Waals surface area contributed by atoms with Crippen molar-refractivity contribution in [1.29, 1.82) is 0 Å². The van der Waals surface area contributed by atoms with Gasteiger partial charge in [0.2, 0.25) is 5.95 Å². The summed E-state index contributed by atoms with van der Waals surface area (Å²) in [6, 6.07) is 9.75. The van der Waals surface area contributed by atoms with Crippen molar-refractivity contribution in [2.75, 3.05) is 5.73 Å². The zero-order chi connectivity index (χ0) is 19.8. The fourth-order valence-corrected chi connectivity index (χ4v) is 3.48. The maximum Gasteiger partial charge on any atom is 0.272 e. The Morgan fingerprint density at radius 1 is 1.00 bits per heavy atom. The smallest absolute Gasteiger partial charge is 0.272 e. The van der Waals surface area contributed by atoms with E-state index < -0.39 is 0 Å². The average molecular weight is 374 g/mol. The van der Waals surface area contributed by atoms with Gasteiger partial charge in [-0.15, -0.1) is 0 Å². The van der Waals surface area contributed by atoms with E-state index in [9.17, 15) is 4.79 Å². The molecule has 7 heteroatoms. The van der Waals surface area contributed by atoms with Gasteiger partial charge in [-0.1, -0.05) is 29.8 Å². The highest BCUT2D eigenvalue weighted by Crippen LogP contribution is 2.23. The van der Waals surface area contributed by atoms with Crippen molar-refractivity contribution in [2.45, 2.75) is 33.6 Å². The van der Waals surface area contributed by atoms with Crippen molar-refractivity contribution < 1.29 is 0 Å². The molecule has 4 aromatic rings. The Morgan fingerprint density at radius 3 is 2.36 bits per heavy atom. The molecule has 0 unspecified atom stereocenters. The van der Waals surface area contributed by atoms with Crippen LogP contribution >= 0.6 is 0 Å². The van der Waals surface area contributed by atoms with Crippen LogP contribution in [0.3, 0.4) is 0 Å². The van der Waals surface area contributed by atoms with Crippen LogP contribution in [0, 0.1) is 20.8 Å². The predicted octanol–water partition coefficient (Wildman–Crippen LogP) is 2.77. The summed E-state index contributed by atoms with van der Waals surface area (Å²) in [5.41, 5.74) is 12.8. The lowest BCUT2D eigenvalue weighted by Gasteiger charge is -2.09. The molecule has 3 N–H and O–H groups in total. The number of aromatic nitrogens is 5. The van der Waals surface area contributed by atoms with E-state index >= 15 is 0 Å². The summed E-state index contributed by atoms with van der Waals surface area (Å²) in [5.74, 6) is 0.284. The molecular formula is C21H22N6O. The zero-order valence-electron chi connectivity index (χ0n) is 16.2. The third-order valence-electron chi connectivity index (χ3n) is 4.98. The zero-order valence-corrected chi connectivity index (χ0v) is 16.2. The van der Waals surface area contributed by atoms with Gasteiger partial charge in [-0.05, 0) is 44.7 Å². The van der Waals surface area contributed by atoms with Crippen molar-refractivity contribution in [3.8, 4) is 11.1 Å². The van der Waals surface area contributed by atoms with E-state index in [2.05, 4.69) is 15.1 Å². The van der Waals surface area contributed by atoms with Gasteiger partial charge in [0.25, 0.3) is 5.56 Å². The van der Waals surface area contributed by atoms with Crippen LogP contribution in [-0.4, -0.2) is 24.6 Å². The Bertz CT molecular complexity index is 1200. The molecule has 28 heavy (non-hydrogen) atoms. The van der Waals surface area contributed by atoms with Crippen molar-refractivity contribution in [3.63, 3.8) is 0 Å². The monoisotopic (exact) mass is 374 g/mol. The number of fused-ring (bicyclic) bond motifs is 1. The summed E-state index contributed by atoms with van der Waals surface area (Å²) in [6.45, 7) is 5.89. The fourth-order valence-electron chi connectivity index (χ4n) is 3.48. The Hall–Kier alpha value is -3.48. The third kappa shape index (κ3) is 3.26. The molecule has 4 rings (SSSR count). The number of H-pyrrole nitrogens is 1. The highest BCUT2D eigenvalue weighted by molar-refractivity contribution is 5.77. The summed E-state index contributed by atoms with van der Waals surface area (Å²) in [5, 5.41) is 3.00. The highest BCUT2D eigenvalue weighted by atomic mass is 16.1. The molecule has 1 aromatic carbocycles. The molecule has 0 saturated heterocycles. The van der Waals surface area contributed by atoms with Crippen LogP contribution in [-0.2, 0) is 12.8 Å². The molecule has 142 valence electrons. The molecule has 0 aliphatic carbocycles. The van der Waals surface area contributed by atoms with Gasteiger partial charge in [0.1, 0.15) is 0 Å². The summed E-state index contributed by atoms with van der Waals surface area (Å²) >= 11 is 0. The largest absolute Gasteiger partial charge is 0.368 e. The third-order valence-corrected chi connectivity index (χ3v) is 4.98. The molecule has 0 fully saturated rings. The number of rotatable bonds is 4. The van der Waals surface area contributed by atoms with E-state index in [-0.39, 0.29) is 11.5 Å². The van der Waals surface area contributed by atoms with Gasteiger partial charge < -0.3 is 5.73 Å². The van der Waals surface area contributed by atoms with Gasteiger partial charge in [0, 0.05) is 34.9 Å². The first-order valence-corrected chi connectivity index (χ1v) is 9.19. The standard InChI is InChI=1S/C21H22N6O/c1-12-4-6-15(7-5-12)18-11-23-27-19(28)10-16(26-20(18)27)8-9-17-13(2)24-21(22)25-14(17)3/h4-7,10-11,23H,8-9H2,1-3H3,(H2,22,24,25). The summed E-state index contributed by atoms with van der Waals surface area (Å²) < 4.78 is 1.47. The number of nitrogens with two attached hydrogens (primary N) is 1. The molecule has 0 radical (unpaired) electrons. The Morgan fingerprint density at radius 2 is 1.68 bits per heavy atom. The van der Waals surface area contributed by atoms with Gasteiger partial charge in [-0.25, -0.2) is 19.5 Å². The van der Waals surface area contributed by atoms with Gasteiger partial charge in [0.15, 0.2) is 5.65 Å². The molecule has 0 spiro atoms. The quantitative estimate of drug-likeness (QED) is 0.572. The number of nitrogen functional groups attached to an aromatic ring is 1. The summed E-state index contributed by atoms with van der Waals surface area (Å²) in [7, 11) is 0. The van der Waals surface area contributed by atoms with E-state index in [0.29, 0.717) is 18.5 Å². The number of benzene rings is 1. The van der Waals surface area contributed by atoms with Gasteiger partial charge >= 0.3 is 0 Å². The first kappa shape index (κ1) is 17.9. The number of aryl methyl sites for hydroxylation is 4. The van der Waals surface area contributed by atoms with Crippen LogP contribution in [0.25, 0.3) is 16.8 Å². The summed E-state index contributed by atoms with van der Waals surface area (Å²) in [4.78, 5) is 25.8. The highest BCUT2D eigenvalue weighted by Gasteiger charge is 2.13. The maximum absolute atomic E-state index is 12.5. The summed E-state index contributed by atoms with van der Waals surface area (Å²) in [6.07, 6.45) is 3.14. The minimum absolute atomic E-state index is 0.125. The van der Waals surface area contributed by atoms with E-state index in [0.717, 1.165) is 33.8 Å². The minimum atomic E-state index is -0.125. The molecule has 3 aromatic heterocycles. The molecule has 0 aliphatic heterocycles. The molecule has 0 aliphatic rings. The minimum Gasteiger partial charge on any atom is -0.368 e. The number of anilines is 1. The molecule has 7 nitrogen and oxygen atoms in total. The second-order valence-corrected chi connectivity index (χ2v) is 7.03. The first-order valence-electron chi connectivity index (χ1n) is 9.19. The van der Waals surface area contributed by atoms with Gasteiger partial charge in [0.05, 0.1) is 0 Å². The lowest BCUT2D eigenvalue weighted by Crippen LogP contribution is -2.16. The van der Waals surface area contributed by atoms with Crippen LogP contribution in [0.1, 0.15) is 28.2 Å². The molecular weight excluding hydrogens is 352 g/mol. The van der Waals surface area contributed by atoms with Crippen molar-refractivity contribution in [2.24, 2.45) is 0 Å². The molecule has 0 saturated carbocycles. The number of hydrogen-bond acceptors (Lipinski definition) is 5. The second-order valence-electron chi connectivity index (χ2n) is 7.03. The van der Waals surface area contributed by atoms with Crippen LogP contribution in [0.4, 0.5) is 5.95 Å². The molecule has 0 bridgehead atoms. The number of hydrogen-bond donors (Lipinski definition) is 2. The van der Waals surface area contributed by atoms with Gasteiger partial charge in [-0.2, -0.15) is 0 Å². The van der Waals surface area contributed by atoms with Crippen LogP contribution < -0.4 is 11.3 Å². The van der Waals surface area contributed by atoms with Crippen LogP contribution in [0.2, 0.25) is 0 Å². The van der Waals surface area contributed by atoms with E-state index in [4.69, 9.17) is 10.7 Å². The molecule has 0 atom stereocenters. The lowest BCUT2D eigenvalue weighted by molar-refractivity contribution is 0.836. The molecule has 0 amide bonds. The molecule has 3 heterocycles. The SMILES string of the molecule is Cc1ccc(-c2c[nH]n3c(=O)cc(CCc4c(C)nc(N)nc4C)nc23)cc1. The van der Waals surface area contributed by atoms with Crippen LogP contribution in [0.15, 0.2) is 41.3 Å². The number of nitrogens with zero attached hydrogens (tertiary/aromatic N) is 4. The lowest BCUT2D eigenvalue weighted by atomic mass is 10.0. The van der Waals surface area contributed by atoms with E-state index in [1.54, 1.807) is 6.07 Å². The fraction of sp³-hybridized carbons (Fsp3) is 0.238. The van der Waals surface area contributed by atoms with Crippen molar-refractivity contribution >= 4 is 11.6 Å². The number of aromatic amines is 1. The first-order chi connectivity index (χ1) is 13.4. The van der Waals surface area contributed by atoms with Crippen molar-refractivity contribution in [3.05, 3.63) is 75.1 Å². The van der Waals surface area contributed by atoms with Gasteiger partial charge in [-0.3, -0.25) is 9.89 Å². The average Bonchev–Trinajstić information content (AvgIpc) is 3.06. The second kappa shape index (κ2) is 6.92. The Labute approximate surface area is 162 Å². The van der Waals surface area contributed by atoms with Crippen molar-refractivity contribution in [1.82, 2.24) is 24.6 Å². The van der Waals surface area contributed by atoms with E-state index in [1.807, 2.05) is 51.2 Å². The Kier molecular flexibility index (Phi) is 4.43. The van der Waals surface area contributed by atoms with Crippen LogP contribution in [0.5, 0.6) is 0 Å². The topological polar surface area (TPSA) is 102 Å². The normalized spacial score (nSPS) is 11.2. The Balaban J connectivity index is 1.70. The van der Waals surface area contributed by atoms with E-state index in [1.165, 1.54) is 10.1 Å². The number of nitrogens with one attached hydrogen (secondary N) is 1.